The van der Waals surface area contributed by atoms with Crippen LogP contribution in [-0.4, -0.2) is 4.98 Å². The quantitative estimate of drug-likeness (QED) is 0.635. The minimum absolute atomic E-state index is 0.0207. The average molecular weight is 372 g/mol. The summed E-state index contributed by atoms with van der Waals surface area (Å²) < 4.78 is 14.4. The zero-order valence-electron chi connectivity index (χ0n) is 13.1. The molecule has 6 heteroatoms. The second-order valence-corrected chi connectivity index (χ2v) is 6.28. The molecule has 3 rings (SSSR count). The SMILES string of the molecule is Cc1c(-c2ccc(Cl)cc2Cl)nc(N)c(C#N)c1-c1ccccc1F. The van der Waals surface area contributed by atoms with Crippen LogP contribution in [0.1, 0.15) is 11.1 Å². The molecule has 3 nitrogen and oxygen atoms in total. The van der Waals surface area contributed by atoms with Gasteiger partial charge in [-0.15, -0.1) is 0 Å². The summed E-state index contributed by atoms with van der Waals surface area (Å²) in [7, 11) is 0. The maximum atomic E-state index is 14.4. The van der Waals surface area contributed by atoms with Crippen molar-refractivity contribution in [1.29, 1.82) is 5.26 Å². The first kappa shape index (κ1) is 17.2. The molecule has 0 atom stereocenters. The molecular formula is C19H12Cl2FN3. The van der Waals surface area contributed by atoms with E-state index in [0.29, 0.717) is 32.4 Å². The Kier molecular flexibility index (Phi) is 4.63. The molecular weight excluding hydrogens is 360 g/mol. The van der Waals surface area contributed by atoms with Gasteiger partial charge in [0, 0.05) is 21.7 Å². The molecule has 0 amide bonds. The Bertz CT molecular complexity index is 1030. The number of nitrogens with zero attached hydrogens (tertiary/aromatic N) is 2. The van der Waals surface area contributed by atoms with Crippen LogP contribution in [-0.2, 0) is 0 Å². The fourth-order valence-electron chi connectivity index (χ4n) is 2.75. The van der Waals surface area contributed by atoms with Crippen LogP contribution in [0.4, 0.5) is 10.2 Å². The van der Waals surface area contributed by atoms with E-state index >= 15 is 0 Å². The summed E-state index contributed by atoms with van der Waals surface area (Å²) in [6.07, 6.45) is 0. The molecule has 0 fully saturated rings. The van der Waals surface area contributed by atoms with Crippen LogP contribution in [0.2, 0.25) is 10.0 Å². The van der Waals surface area contributed by atoms with Gasteiger partial charge in [-0.25, -0.2) is 9.37 Å². The number of hydrogen-bond acceptors (Lipinski definition) is 3. The van der Waals surface area contributed by atoms with Crippen molar-refractivity contribution < 1.29 is 4.39 Å². The van der Waals surface area contributed by atoms with E-state index in [1.165, 1.54) is 6.07 Å². The molecule has 2 aromatic carbocycles. The standard InChI is InChI=1S/C19H12Cl2FN3/c1-10-17(13-4-2-3-5-16(13)22)14(9-23)19(24)25-18(10)12-7-6-11(20)8-15(12)21/h2-8H,1H3,(H2,24,25). The van der Waals surface area contributed by atoms with Gasteiger partial charge >= 0.3 is 0 Å². The summed E-state index contributed by atoms with van der Waals surface area (Å²) in [6.45, 7) is 1.76. The summed E-state index contributed by atoms with van der Waals surface area (Å²) in [5.41, 5.74) is 8.52. The highest BCUT2D eigenvalue weighted by atomic mass is 35.5. The Labute approximate surface area is 154 Å². The number of halogens is 3. The maximum Gasteiger partial charge on any atom is 0.142 e. The highest BCUT2D eigenvalue weighted by Crippen LogP contribution is 2.39. The molecule has 0 aliphatic rings. The topological polar surface area (TPSA) is 62.7 Å². The zero-order valence-corrected chi connectivity index (χ0v) is 14.7. The summed E-state index contributed by atoms with van der Waals surface area (Å²) in [4.78, 5) is 4.33. The van der Waals surface area contributed by atoms with Gasteiger partial charge in [0.05, 0.1) is 10.7 Å². The summed E-state index contributed by atoms with van der Waals surface area (Å²) in [5, 5.41) is 10.4. The number of benzene rings is 2. The predicted molar refractivity (Wildman–Crippen MR) is 99.0 cm³/mol. The van der Waals surface area contributed by atoms with Crippen LogP contribution in [0.15, 0.2) is 42.5 Å². The summed E-state index contributed by atoms with van der Waals surface area (Å²) in [5.74, 6) is -0.423. The van der Waals surface area contributed by atoms with E-state index in [-0.39, 0.29) is 16.9 Å². The Morgan fingerprint density at radius 1 is 1.12 bits per heavy atom. The van der Waals surface area contributed by atoms with Crippen molar-refractivity contribution in [2.45, 2.75) is 6.92 Å². The molecule has 25 heavy (non-hydrogen) atoms. The van der Waals surface area contributed by atoms with E-state index in [4.69, 9.17) is 28.9 Å². The van der Waals surface area contributed by atoms with Gasteiger partial charge in [-0.2, -0.15) is 5.26 Å². The molecule has 0 spiro atoms. The third-order valence-corrected chi connectivity index (χ3v) is 4.46. The molecule has 2 N–H and O–H groups in total. The molecule has 3 aromatic rings. The smallest absolute Gasteiger partial charge is 0.142 e. The van der Waals surface area contributed by atoms with Crippen molar-refractivity contribution in [3.05, 3.63) is 69.5 Å². The molecule has 1 aromatic heterocycles. The van der Waals surface area contributed by atoms with E-state index < -0.39 is 5.82 Å². The fourth-order valence-corrected chi connectivity index (χ4v) is 3.25. The number of nitrogen functional groups attached to an aromatic ring is 1. The Morgan fingerprint density at radius 3 is 2.48 bits per heavy atom. The highest BCUT2D eigenvalue weighted by Gasteiger charge is 2.21. The fraction of sp³-hybridized carbons (Fsp3) is 0.0526. The van der Waals surface area contributed by atoms with Gasteiger partial charge in [-0.05, 0) is 36.8 Å². The lowest BCUT2D eigenvalue weighted by Gasteiger charge is -2.16. The number of nitrogens with two attached hydrogens (primary N) is 1. The first-order valence-electron chi connectivity index (χ1n) is 7.34. The number of anilines is 1. The number of hydrogen-bond donors (Lipinski definition) is 1. The van der Waals surface area contributed by atoms with Gasteiger partial charge in [-0.1, -0.05) is 41.4 Å². The van der Waals surface area contributed by atoms with E-state index in [0.717, 1.165) is 0 Å². The number of nitriles is 1. The van der Waals surface area contributed by atoms with Crippen molar-refractivity contribution in [1.82, 2.24) is 4.98 Å². The van der Waals surface area contributed by atoms with Crippen LogP contribution in [0.25, 0.3) is 22.4 Å². The van der Waals surface area contributed by atoms with Crippen LogP contribution >= 0.6 is 23.2 Å². The lowest BCUT2D eigenvalue weighted by Crippen LogP contribution is -2.04. The zero-order chi connectivity index (χ0) is 18.1. The van der Waals surface area contributed by atoms with E-state index in [9.17, 15) is 9.65 Å². The largest absolute Gasteiger partial charge is 0.383 e. The summed E-state index contributed by atoms with van der Waals surface area (Å²) in [6, 6.07) is 13.2. The minimum atomic E-state index is -0.444. The van der Waals surface area contributed by atoms with Crippen LogP contribution < -0.4 is 5.73 Å². The van der Waals surface area contributed by atoms with E-state index in [2.05, 4.69) is 4.98 Å². The van der Waals surface area contributed by atoms with Gasteiger partial charge in [0.1, 0.15) is 23.3 Å². The van der Waals surface area contributed by atoms with Gasteiger partial charge in [0.15, 0.2) is 0 Å². The third kappa shape index (κ3) is 3.05. The average Bonchev–Trinajstić information content (AvgIpc) is 2.57. The molecule has 124 valence electrons. The number of aromatic nitrogens is 1. The lowest BCUT2D eigenvalue weighted by atomic mass is 9.92. The van der Waals surface area contributed by atoms with Crippen molar-refractivity contribution >= 4 is 29.0 Å². The van der Waals surface area contributed by atoms with Gasteiger partial charge in [0.2, 0.25) is 0 Å². The number of pyridine rings is 1. The normalized spacial score (nSPS) is 10.5. The first-order chi connectivity index (χ1) is 11.9. The Balaban J connectivity index is 2.38. The maximum absolute atomic E-state index is 14.4. The summed E-state index contributed by atoms with van der Waals surface area (Å²) >= 11 is 12.2. The van der Waals surface area contributed by atoms with Crippen molar-refractivity contribution in [3.8, 4) is 28.5 Å². The molecule has 0 aliphatic carbocycles. The third-order valence-electron chi connectivity index (χ3n) is 3.91. The van der Waals surface area contributed by atoms with Crippen LogP contribution in [0.5, 0.6) is 0 Å². The van der Waals surface area contributed by atoms with E-state index in [1.807, 2.05) is 6.07 Å². The molecule has 0 radical (unpaired) electrons. The molecule has 1 heterocycles. The highest BCUT2D eigenvalue weighted by molar-refractivity contribution is 6.36. The van der Waals surface area contributed by atoms with Crippen LogP contribution in [0.3, 0.4) is 0 Å². The molecule has 0 bridgehead atoms. The van der Waals surface area contributed by atoms with Crippen molar-refractivity contribution in [2.24, 2.45) is 0 Å². The second-order valence-electron chi connectivity index (χ2n) is 5.44. The predicted octanol–water partition coefficient (Wildman–Crippen LogP) is 5.62. The van der Waals surface area contributed by atoms with Crippen molar-refractivity contribution in [2.75, 3.05) is 5.73 Å². The molecule has 0 unspecified atom stereocenters. The lowest BCUT2D eigenvalue weighted by molar-refractivity contribution is 0.631. The second kappa shape index (κ2) is 6.72. The van der Waals surface area contributed by atoms with E-state index in [1.54, 1.807) is 43.3 Å². The van der Waals surface area contributed by atoms with Gasteiger partial charge < -0.3 is 5.73 Å². The van der Waals surface area contributed by atoms with Crippen LogP contribution in [0, 0.1) is 24.1 Å². The Morgan fingerprint density at radius 2 is 1.84 bits per heavy atom. The minimum Gasteiger partial charge on any atom is -0.383 e. The monoisotopic (exact) mass is 371 g/mol. The van der Waals surface area contributed by atoms with Gasteiger partial charge in [0.25, 0.3) is 0 Å². The molecule has 0 aliphatic heterocycles. The van der Waals surface area contributed by atoms with Crippen molar-refractivity contribution in [3.63, 3.8) is 0 Å². The molecule has 0 saturated heterocycles. The van der Waals surface area contributed by atoms with Gasteiger partial charge in [-0.3, -0.25) is 0 Å². The molecule has 0 saturated carbocycles. The Hall–Kier alpha value is -2.61. The first-order valence-corrected chi connectivity index (χ1v) is 8.10. The number of rotatable bonds is 2.